The Morgan fingerprint density at radius 1 is 1.23 bits per heavy atom. The van der Waals surface area contributed by atoms with Crippen LogP contribution in [0.25, 0.3) is 0 Å². The van der Waals surface area contributed by atoms with E-state index < -0.39 is 0 Å². The highest BCUT2D eigenvalue weighted by molar-refractivity contribution is 4.86. The minimum Gasteiger partial charge on any atom is -0.377 e. The smallest absolute Gasteiger partial charge is 0.0700 e. The Morgan fingerprint density at radius 3 is 2.77 bits per heavy atom. The Hall–Kier alpha value is -0.120. The molecule has 0 amide bonds. The van der Waals surface area contributed by atoms with E-state index in [2.05, 4.69) is 5.32 Å². The second-order valence-corrected chi connectivity index (χ2v) is 4.24. The van der Waals surface area contributed by atoms with E-state index in [1.54, 1.807) is 0 Å². The van der Waals surface area contributed by atoms with E-state index in [0.717, 1.165) is 13.2 Å². The van der Waals surface area contributed by atoms with Crippen LogP contribution in [-0.2, 0) is 4.74 Å². The molecule has 0 radical (unpaired) electrons. The van der Waals surface area contributed by atoms with Gasteiger partial charge in [0.2, 0.25) is 0 Å². The number of nitrogens with two attached hydrogens (primary N) is 1. The monoisotopic (exact) mass is 184 g/mol. The molecule has 2 rings (SSSR count). The zero-order valence-corrected chi connectivity index (χ0v) is 8.17. The van der Waals surface area contributed by atoms with Crippen molar-refractivity contribution >= 4 is 0 Å². The Kier molecular flexibility index (Phi) is 3.19. The first-order valence-corrected chi connectivity index (χ1v) is 5.47. The van der Waals surface area contributed by atoms with Gasteiger partial charge in [-0.3, -0.25) is 0 Å². The summed E-state index contributed by atoms with van der Waals surface area (Å²) in [6, 6.07) is 0.922. The summed E-state index contributed by atoms with van der Waals surface area (Å²) in [4.78, 5) is 0. The van der Waals surface area contributed by atoms with Crippen molar-refractivity contribution in [2.75, 3.05) is 13.2 Å². The van der Waals surface area contributed by atoms with Crippen molar-refractivity contribution in [3.8, 4) is 0 Å². The first-order valence-electron chi connectivity index (χ1n) is 5.47. The molecule has 1 saturated carbocycles. The van der Waals surface area contributed by atoms with Crippen molar-refractivity contribution < 1.29 is 4.74 Å². The second kappa shape index (κ2) is 4.40. The largest absolute Gasteiger partial charge is 0.377 e. The molecule has 0 aromatic rings. The van der Waals surface area contributed by atoms with Crippen LogP contribution >= 0.6 is 0 Å². The number of hydrogen-bond acceptors (Lipinski definition) is 3. The molecule has 3 N–H and O–H groups in total. The number of ether oxygens (including phenoxy) is 1. The lowest BCUT2D eigenvalue weighted by Gasteiger charge is -2.19. The molecule has 2 aliphatic rings. The van der Waals surface area contributed by atoms with Gasteiger partial charge in [0.25, 0.3) is 0 Å². The Morgan fingerprint density at radius 2 is 2.15 bits per heavy atom. The van der Waals surface area contributed by atoms with Crippen LogP contribution in [0.1, 0.15) is 32.1 Å². The summed E-state index contributed by atoms with van der Waals surface area (Å²) in [5.74, 6) is 0. The summed E-state index contributed by atoms with van der Waals surface area (Å²) in [6.07, 6.45) is 6.60. The van der Waals surface area contributed by atoms with Crippen molar-refractivity contribution in [2.24, 2.45) is 5.73 Å². The van der Waals surface area contributed by atoms with Crippen LogP contribution in [-0.4, -0.2) is 31.3 Å². The lowest BCUT2D eigenvalue weighted by molar-refractivity contribution is 0.107. The van der Waals surface area contributed by atoms with Crippen molar-refractivity contribution in [1.82, 2.24) is 5.32 Å². The summed E-state index contributed by atoms with van der Waals surface area (Å²) in [7, 11) is 0. The summed E-state index contributed by atoms with van der Waals surface area (Å²) < 4.78 is 5.54. The molecule has 76 valence electrons. The molecule has 0 aromatic carbocycles. The minimum absolute atomic E-state index is 0.376. The maximum atomic E-state index is 5.96. The third-order valence-corrected chi connectivity index (χ3v) is 3.20. The fourth-order valence-electron chi connectivity index (χ4n) is 2.33. The lowest BCUT2D eigenvalue weighted by atomic mass is 10.1. The summed E-state index contributed by atoms with van der Waals surface area (Å²) in [5, 5.41) is 3.52. The van der Waals surface area contributed by atoms with Gasteiger partial charge >= 0.3 is 0 Å². The van der Waals surface area contributed by atoms with E-state index in [1.165, 1.54) is 32.1 Å². The predicted molar refractivity (Wildman–Crippen MR) is 52.6 cm³/mol. The summed E-state index contributed by atoms with van der Waals surface area (Å²) in [5.41, 5.74) is 5.96. The summed E-state index contributed by atoms with van der Waals surface area (Å²) in [6.45, 7) is 1.95. The number of rotatable bonds is 3. The zero-order valence-electron chi connectivity index (χ0n) is 8.17. The van der Waals surface area contributed by atoms with Gasteiger partial charge in [0.15, 0.2) is 0 Å². The van der Waals surface area contributed by atoms with Gasteiger partial charge in [-0.1, -0.05) is 6.42 Å². The first-order chi connectivity index (χ1) is 6.36. The van der Waals surface area contributed by atoms with Crippen LogP contribution < -0.4 is 11.1 Å². The van der Waals surface area contributed by atoms with Gasteiger partial charge in [-0.05, 0) is 25.7 Å². The molecule has 3 heteroatoms. The number of nitrogens with one attached hydrogen (secondary N) is 1. The maximum absolute atomic E-state index is 5.96. The van der Waals surface area contributed by atoms with Crippen molar-refractivity contribution in [3.05, 3.63) is 0 Å². The summed E-state index contributed by atoms with van der Waals surface area (Å²) >= 11 is 0. The third kappa shape index (κ3) is 2.42. The fourth-order valence-corrected chi connectivity index (χ4v) is 2.33. The van der Waals surface area contributed by atoms with E-state index in [0.29, 0.717) is 18.2 Å². The van der Waals surface area contributed by atoms with Crippen molar-refractivity contribution in [1.29, 1.82) is 0 Å². The van der Waals surface area contributed by atoms with E-state index in [4.69, 9.17) is 10.5 Å². The molecule has 0 bridgehead atoms. The Labute approximate surface area is 80.0 Å². The average Bonchev–Trinajstić information content (AvgIpc) is 2.72. The van der Waals surface area contributed by atoms with Gasteiger partial charge in [0, 0.05) is 25.2 Å². The highest BCUT2D eigenvalue weighted by Gasteiger charge is 2.24. The Bertz CT molecular complexity index is 157. The molecular formula is C10H20N2O. The zero-order chi connectivity index (χ0) is 9.10. The van der Waals surface area contributed by atoms with Gasteiger partial charge in [0.1, 0.15) is 0 Å². The van der Waals surface area contributed by atoms with Crippen molar-refractivity contribution in [3.63, 3.8) is 0 Å². The molecule has 13 heavy (non-hydrogen) atoms. The molecule has 2 fully saturated rings. The van der Waals surface area contributed by atoms with Crippen LogP contribution in [0.15, 0.2) is 0 Å². The Balaban J connectivity index is 1.66. The third-order valence-electron chi connectivity index (χ3n) is 3.20. The quantitative estimate of drug-likeness (QED) is 0.676. The average molecular weight is 184 g/mol. The molecule has 1 saturated heterocycles. The van der Waals surface area contributed by atoms with Gasteiger partial charge < -0.3 is 15.8 Å². The lowest BCUT2D eigenvalue weighted by Crippen LogP contribution is -2.43. The molecule has 1 aliphatic heterocycles. The van der Waals surface area contributed by atoms with Gasteiger partial charge in [-0.15, -0.1) is 0 Å². The van der Waals surface area contributed by atoms with Gasteiger partial charge in [-0.25, -0.2) is 0 Å². The van der Waals surface area contributed by atoms with E-state index in [1.807, 2.05) is 0 Å². The molecule has 0 unspecified atom stereocenters. The van der Waals surface area contributed by atoms with Crippen LogP contribution in [0, 0.1) is 0 Å². The molecule has 3 nitrogen and oxygen atoms in total. The van der Waals surface area contributed by atoms with Crippen molar-refractivity contribution in [2.45, 2.75) is 50.3 Å². The highest BCUT2D eigenvalue weighted by Crippen LogP contribution is 2.18. The van der Waals surface area contributed by atoms with Crippen LogP contribution in [0.4, 0.5) is 0 Å². The van der Waals surface area contributed by atoms with E-state index in [-0.39, 0.29) is 0 Å². The van der Waals surface area contributed by atoms with Crippen LogP contribution in [0.2, 0.25) is 0 Å². The maximum Gasteiger partial charge on any atom is 0.0700 e. The molecule has 3 atom stereocenters. The van der Waals surface area contributed by atoms with Crippen LogP contribution in [0.5, 0.6) is 0 Å². The molecule has 0 spiro atoms. The van der Waals surface area contributed by atoms with Gasteiger partial charge in [0.05, 0.1) is 6.10 Å². The molecule has 1 aliphatic carbocycles. The fraction of sp³-hybridized carbons (Fsp3) is 1.00. The topological polar surface area (TPSA) is 47.3 Å². The molecule has 0 aromatic heterocycles. The SMILES string of the molecule is N[C@H]1CCC[C@H]1NC[C@@H]1CCCO1. The van der Waals surface area contributed by atoms with E-state index >= 15 is 0 Å². The van der Waals surface area contributed by atoms with Crippen LogP contribution in [0.3, 0.4) is 0 Å². The molecule has 1 heterocycles. The number of hydrogen-bond donors (Lipinski definition) is 2. The van der Waals surface area contributed by atoms with E-state index in [9.17, 15) is 0 Å². The predicted octanol–water partition coefficient (Wildman–Crippen LogP) is 0.635. The highest BCUT2D eigenvalue weighted by atomic mass is 16.5. The minimum atomic E-state index is 0.376. The normalized spacial score (nSPS) is 39.9. The second-order valence-electron chi connectivity index (χ2n) is 4.24. The molecular weight excluding hydrogens is 164 g/mol. The van der Waals surface area contributed by atoms with Gasteiger partial charge in [-0.2, -0.15) is 0 Å². The first kappa shape index (κ1) is 9.44. The standard InChI is InChI=1S/C10H20N2O/c11-9-4-1-5-10(9)12-7-8-3-2-6-13-8/h8-10,12H,1-7,11H2/t8-,9-,10+/m0/s1.